The molecule has 0 unspecified atom stereocenters. The highest BCUT2D eigenvalue weighted by Crippen LogP contribution is 2.23. The summed E-state index contributed by atoms with van der Waals surface area (Å²) in [4.78, 5) is 5.73. The number of H-pyrrole nitrogens is 1. The van der Waals surface area contributed by atoms with Gasteiger partial charge in [-0.3, -0.25) is 0 Å². The Bertz CT molecular complexity index is 485. The van der Waals surface area contributed by atoms with E-state index in [1.807, 2.05) is 0 Å². The fourth-order valence-corrected chi connectivity index (χ4v) is 2.23. The second-order valence-electron chi connectivity index (χ2n) is 4.72. The molecule has 2 aromatic rings. The Hall–Kier alpha value is -1.32. The number of benzene rings is 1. The number of hydrogen-bond donors (Lipinski definition) is 2. The van der Waals surface area contributed by atoms with Crippen molar-refractivity contribution in [2.45, 2.75) is 12.8 Å². The molecule has 0 bridgehead atoms. The van der Waals surface area contributed by atoms with E-state index in [2.05, 4.69) is 48.2 Å². The SMILES string of the molecule is CN(C)CCc1[nH]c2ccccc2c1CCN. The monoisotopic (exact) mass is 231 g/mol. The van der Waals surface area contributed by atoms with Gasteiger partial charge in [0.05, 0.1) is 0 Å². The molecule has 0 amide bonds. The molecule has 92 valence electrons. The maximum absolute atomic E-state index is 5.71. The molecular weight excluding hydrogens is 210 g/mol. The lowest BCUT2D eigenvalue weighted by molar-refractivity contribution is 0.411. The van der Waals surface area contributed by atoms with Crippen molar-refractivity contribution >= 4 is 10.9 Å². The average Bonchev–Trinajstić information content (AvgIpc) is 2.66. The summed E-state index contributed by atoms with van der Waals surface area (Å²) < 4.78 is 0. The first-order chi connectivity index (χ1) is 8.22. The molecule has 0 aliphatic rings. The van der Waals surface area contributed by atoms with Crippen LogP contribution in [0.2, 0.25) is 0 Å². The predicted molar refractivity (Wildman–Crippen MR) is 73.3 cm³/mol. The van der Waals surface area contributed by atoms with E-state index >= 15 is 0 Å². The fraction of sp³-hybridized carbons (Fsp3) is 0.429. The van der Waals surface area contributed by atoms with E-state index in [9.17, 15) is 0 Å². The number of fused-ring (bicyclic) bond motifs is 1. The van der Waals surface area contributed by atoms with Crippen LogP contribution in [0.5, 0.6) is 0 Å². The van der Waals surface area contributed by atoms with Gasteiger partial charge in [-0.1, -0.05) is 18.2 Å². The first-order valence-electron chi connectivity index (χ1n) is 6.15. The lowest BCUT2D eigenvalue weighted by atomic mass is 10.1. The Morgan fingerprint density at radius 1 is 1.18 bits per heavy atom. The van der Waals surface area contributed by atoms with E-state index in [4.69, 9.17) is 5.73 Å². The quantitative estimate of drug-likeness (QED) is 0.824. The van der Waals surface area contributed by atoms with Crippen LogP contribution in [0.1, 0.15) is 11.3 Å². The van der Waals surface area contributed by atoms with Crippen molar-refractivity contribution in [3.63, 3.8) is 0 Å². The number of rotatable bonds is 5. The Morgan fingerprint density at radius 3 is 2.65 bits per heavy atom. The standard InChI is InChI=1S/C14H21N3/c1-17(2)10-8-14-12(7-9-15)11-5-3-4-6-13(11)16-14/h3-6,16H,7-10,15H2,1-2H3. The fourth-order valence-electron chi connectivity index (χ4n) is 2.23. The Labute approximate surface area is 103 Å². The van der Waals surface area contributed by atoms with Crippen LogP contribution in [0.3, 0.4) is 0 Å². The van der Waals surface area contributed by atoms with Gasteiger partial charge >= 0.3 is 0 Å². The van der Waals surface area contributed by atoms with Gasteiger partial charge in [0.1, 0.15) is 0 Å². The van der Waals surface area contributed by atoms with E-state index in [-0.39, 0.29) is 0 Å². The molecule has 17 heavy (non-hydrogen) atoms. The molecule has 0 aliphatic carbocycles. The smallest absolute Gasteiger partial charge is 0.0458 e. The van der Waals surface area contributed by atoms with Gasteiger partial charge in [-0.15, -0.1) is 0 Å². The van der Waals surface area contributed by atoms with Crippen molar-refractivity contribution < 1.29 is 0 Å². The first kappa shape index (κ1) is 12.1. The van der Waals surface area contributed by atoms with Crippen LogP contribution in [-0.2, 0) is 12.8 Å². The van der Waals surface area contributed by atoms with Crippen molar-refractivity contribution in [1.29, 1.82) is 0 Å². The molecule has 0 spiro atoms. The molecule has 0 atom stereocenters. The van der Waals surface area contributed by atoms with Crippen LogP contribution in [-0.4, -0.2) is 37.1 Å². The number of nitrogens with two attached hydrogens (primary N) is 1. The highest BCUT2D eigenvalue weighted by atomic mass is 15.0. The van der Waals surface area contributed by atoms with Crippen LogP contribution in [0.4, 0.5) is 0 Å². The largest absolute Gasteiger partial charge is 0.358 e. The van der Waals surface area contributed by atoms with Crippen molar-refractivity contribution in [3.8, 4) is 0 Å². The summed E-state index contributed by atoms with van der Waals surface area (Å²) in [6.45, 7) is 1.77. The van der Waals surface area contributed by atoms with Gasteiger partial charge in [-0.05, 0) is 38.7 Å². The van der Waals surface area contributed by atoms with Crippen molar-refractivity contribution in [2.75, 3.05) is 27.2 Å². The van der Waals surface area contributed by atoms with Crippen LogP contribution in [0.25, 0.3) is 10.9 Å². The zero-order valence-corrected chi connectivity index (χ0v) is 10.7. The van der Waals surface area contributed by atoms with Gasteiger partial charge in [-0.25, -0.2) is 0 Å². The minimum atomic E-state index is 0.705. The molecule has 0 fully saturated rings. The molecule has 3 nitrogen and oxygen atoms in total. The number of hydrogen-bond acceptors (Lipinski definition) is 2. The predicted octanol–water partition coefficient (Wildman–Crippen LogP) is 1.77. The molecule has 0 aliphatic heterocycles. The van der Waals surface area contributed by atoms with Crippen molar-refractivity contribution in [3.05, 3.63) is 35.5 Å². The third kappa shape index (κ3) is 2.68. The maximum atomic E-state index is 5.71. The Morgan fingerprint density at radius 2 is 1.94 bits per heavy atom. The van der Waals surface area contributed by atoms with Gasteiger partial charge in [0.2, 0.25) is 0 Å². The minimum absolute atomic E-state index is 0.705. The van der Waals surface area contributed by atoms with Gasteiger partial charge in [0.25, 0.3) is 0 Å². The molecule has 1 heterocycles. The molecule has 2 rings (SSSR count). The second-order valence-corrected chi connectivity index (χ2v) is 4.72. The lowest BCUT2D eigenvalue weighted by Crippen LogP contribution is -2.16. The summed E-state index contributed by atoms with van der Waals surface area (Å²) in [5, 5.41) is 1.33. The normalized spacial score (nSPS) is 11.5. The van der Waals surface area contributed by atoms with Gasteiger partial charge in [0, 0.05) is 29.6 Å². The second kappa shape index (κ2) is 5.34. The summed E-state index contributed by atoms with van der Waals surface area (Å²) in [7, 11) is 4.20. The van der Waals surface area contributed by atoms with E-state index in [0.717, 1.165) is 19.4 Å². The van der Waals surface area contributed by atoms with Crippen LogP contribution in [0.15, 0.2) is 24.3 Å². The number of para-hydroxylation sites is 1. The molecule has 1 aromatic carbocycles. The van der Waals surface area contributed by atoms with Gasteiger partial charge in [-0.2, -0.15) is 0 Å². The third-order valence-corrected chi connectivity index (χ3v) is 3.11. The molecule has 0 saturated heterocycles. The molecular formula is C14H21N3. The average molecular weight is 231 g/mol. The van der Waals surface area contributed by atoms with E-state index < -0.39 is 0 Å². The van der Waals surface area contributed by atoms with Gasteiger partial charge < -0.3 is 15.6 Å². The summed E-state index contributed by atoms with van der Waals surface area (Å²) >= 11 is 0. The minimum Gasteiger partial charge on any atom is -0.358 e. The highest BCUT2D eigenvalue weighted by Gasteiger charge is 2.10. The highest BCUT2D eigenvalue weighted by molar-refractivity contribution is 5.84. The Balaban J connectivity index is 2.35. The van der Waals surface area contributed by atoms with Crippen LogP contribution in [0, 0.1) is 0 Å². The molecule has 3 N–H and O–H groups in total. The molecule has 0 saturated carbocycles. The zero-order valence-electron chi connectivity index (χ0n) is 10.7. The molecule has 0 radical (unpaired) electrons. The van der Waals surface area contributed by atoms with Crippen molar-refractivity contribution in [1.82, 2.24) is 9.88 Å². The topological polar surface area (TPSA) is 45.0 Å². The number of aromatic nitrogens is 1. The third-order valence-electron chi connectivity index (χ3n) is 3.11. The van der Waals surface area contributed by atoms with E-state index in [1.54, 1.807) is 0 Å². The van der Waals surface area contributed by atoms with E-state index in [1.165, 1.54) is 22.2 Å². The van der Waals surface area contributed by atoms with E-state index in [0.29, 0.717) is 6.54 Å². The lowest BCUT2D eigenvalue weighted by Gasteiger charge is -2.09. The van der Waals surface area contributed by atoms with Crippen LogP contribution < -0.4 is 5.73 Å². The van der Waals surface area contributed by atoms with Gasteiger partial charge in [0.15, 0.2) is 0 Å². The molecule has 3 heteroatoms. The summed E-state index contributed by atoms with van der Waals surface area (Å²) in [5.74, 6) is 0. The van der Waals surface area contributed by atoms with Crippen LogP contribution >= 0.6 is 0 Å². The first-order valence-corrected chi connectivity index (χ1v) is 6.15. The number of aromatic amines is 1. The number of likely N-dealkylation sites (N-methyl/N-ethyl adjacent to an activating group) is 1. The Kier molecular flexibility index (Phi) is 3.82. The van der Waals surface area contributed by atoms with Crippen molar-refractivity contribution in [2.24, 2.45) is 5.73 Å². The number of nitrogens with zero attached hydrogens (tertiary/aromatic N) is 1. The maximum Gasteiger partial charge on any atom is 0.0458 e. The summed E-state index contributed by atoms with van der Waals surface area (Å²) in [6.07, 6.45) is 2.00. The molecule has 1 aromatic heterocycles. The zero-order chi connectivity index (χ0) is 12.3. The summed E-state index contributed by atoms with van der Waals surface area (Å²) in [5.41, 5.74) is 9.67. The summed E-state index contributed by atoms with van der Waals surface area (Å²) in [6, 6.07) is 8.47. The number of nitrogens with one attached hydrogen (secondary N) is 1.